The second-order valence-corrected chi connectivity index (χ2v) is 9.82. The number of nitrogens with one attached hydrogen (secondary N) is 5. The van der Waals surface area contributed by atoms with E-state index in [1.54, 1.807) is 18.3 Å². The molecule has 3 heterocycles. The molecule has 9 nitrogen and oxygen atoms in total. The minimum Gasteiger partial charge on any atom is -0.332 e. The predicted octanol–water partition coefficient (Wildman–Crippen LogP) is 7.14. The number of H-pyrrole nitrogens is 1. The fourth-order valence-corrected chi connectivity index (χ4v) is 4.37. The summed E-state index contributed by atoms with van der Waals surface area (Å²) in [5.74, 6) is 2.59. The van der Waals surface area contributed by atoms with Crippen LogP contribution in [0.5, 0.6) is 0 Å². The van der Waals surface area contributed by atoms with Crippen LogP contribution in [0.3, 0.4) is 0 Å². The van der Waals surface area contributed by atoms with Crippen molar-refractivity contribution in [2.75, 3.05) is 21.3 Å². The molecule has 1 fully saturated rings. The minimum absolute atomic E-state index is 0.0650. The lowest BCUT2D eigenvalue weighted by molar-refractivity contribution is -0.137. The largest absolute Gasteiger partial charge is 0.417 e. The summed E-state index contributed by atoms with van der Waals surface area (Å²) >= 11 is 10.9. The van der Waals surface area contributed by atoms with Crippen LogP contribution in [-0.4, -0.2) is 30.3 Å². The Morgan fingerprint density at radius 1 is 0.974 bits per heavy atom. The van der Waals surface area contributed by atoms with Gasteiger partial charge in [-0.15, -0.1) is 0 Å². The number of benzene rings is 1. The molecular weight excluding hydrogens is 551 g/mol. The van der Waals surface area contributed by atoms with Gasteiger partial charge in [0.05, 0.1) is 22.5 Å². The van der Waals surface area contributed by atoms with Crippen LogP contribution in [-0.2, 0) is 6.18 Å². The van der Waals surface area contributed by atoms with Gasteiger partial charge in [0, 0.05) is 35.1 Å². The first-order valence-electron chi connectivity index (χ1n) is 12.0. The van der Waals surface area contributed by atoms with Crippen molar-refractivity contribution in [2.45, 2.75) is 38.3 Å². The Morgan fingerprint density at radius 3 is 2.46 bits per heavy atom. The molecule has 0 amide bonds. The third kappa shape index (κ3) is 6.73. The molecule has 0 spiro atoms. The lowest BCUT2D eigenvalue weighted by atomic mass is 9.83. The van der Waals surface area contributed by atoms with Gasteiger partial charge in [0.25, 0.3) is 0 Å². The summed E-state index contributed by atoms with van der Waals surface area (Å²) in [6.07, 6.45) is 0.574. The monoisotopic (exact) mass is 573 g/mol. The van der Waals surface area contributed by atoms with Crippen LogP contribution < -0.4 is 21.3 Å². The van der Waals surface area contributed by atoms with E-state index in [1.165, 1.54) is 25.3 Å². The van der Waals surface area contributed by atoms with Crippen molar-refractivity contribution in [1.29, 1.82) is 0 Å². The van der Waals surface area contributed by atoms with Crippen LogP contribution in [0.4, 0.5) is 47.9 Å². The average molecular weight is 574 g/mol. The van der Waals surface area contributed by atoms with Gasteiger partial charge in [-0.3, -0.25) is 5.10 Å². The average Bonchev–Trinajstić information content (AvgIpc) is 3.26. The Bertz CT molecular complexity index is 1490. The highest BCUT2D eigenvalue weighted by Crippen LogP contribution is 2.37. The summed E-state index contributed by atoms with van der Waals surface area (Å²) in [6.45, 7) is 1.86. The van der Waals surface area contributed by atoms with Crippen LogP contribution in [0, 0.1) is 6.92 Å². The van der Waals surface area contributed by atoms with Gasteiger partial charge in [-0.2, -0.15) is 23.3 Å². The Hall–Kier alpha value is -3.97. The quantitative estimate of drug-likeness (QED) is 0.147. The number of anilines is 6. The zero-order valence-corrected chi connectivity index (χ0v) is 22.1. The molecule has 1 aliphatic carbocycles. The van der Waals surface area contributed by atoms with E-state index in [0.717, 1.165) is 23.5 Å². The zero-order valence-electron chi connectivity index (χ0n) is 20.5. The number of hydrogen-bond acceptors (Lipinski definition) is 7. The molecule has 202 valence electrons. The van der Waals surface area contributed by atoms with Crippen molar-refractivity contribution in [1.82, 2.24) is 25.1 Å². The molecule has 1 aromatic carbocycles. The predicted molar refractivity (Wildman–Crippen MR) is 149 cm³/mol. The number of aromatic amines is 1. The molecule has 5 rings (SSSR count). The van der Waals surface area contributed by atoms with Crippen molar-refractivity contribution in [2.24, 2.45) is 0 Å². The Labute approximate surface area is 232 Å². The van der Waals surface area contributed by atoms with E-state index in [9.17, 15) is 13.2 Å². The van der Waals surface area contributed by atoms with Crippen LogP contribution in [0.2, 0.25) is 5.02 Å². The van der Waals surface area contributed by atoms with Crippen molar-refractivity contribution < 1.29 is 13.2 Å². The van der Waals surface area contributed by atoms with Gasteiger partial charge < -0.3 is 21.3 Å². The highest BCUT2D eigenvalue weighted by Gasteiger charge is 2.33. The molecule has 4 aromatic rings. The molecule has 0 unspecified atom stereocenters. The topological polar surface area (TPSA) is 115 Å². The lowest BCUT2D eigenvalue weighted by Gasteiger charge is -2.23. The van der Waals surface area contributed by atoms with E-state index in [-0.39, 0.29) is 10.8 Å². The second-order valence-electron chi connectivity index (χ2n) is 9.01. The minimum atomic E-state index is -4.58. The Morgan fingerprint density at radius 2 is 1.77 bits per heavy atom. The molecule has 14 heteroatoms. The molecule has 0 bridgehead atoms. The number of aromatic nitrogens is 5. The number of thiocarbonyl (C=S) groups is 1. The van der Waals surface area contributed by atoms with E-state index >= 15 is 0 Å². The summed E-state index contributed by atoms with van der Waals surface area (Å²) in [5.41, 5.74) is 1.68. The molecule has 0 atom stereocenters. The second kappa shape index (κ2) is 11.0. The highest BCUT2D eigenvalue weighted by atomic mass is 35.5. The van der Waals surface area contributed by atoms with Crippen LogP contribution in [0.25, 0.3) is 0 Å². The molecular formula is C25H23ClF3N9S. The molecule has 3 aromatic heterocycles. The van der Waals surface area contributed by atoms with Crippen LogP contribution in [0.1, 0.15) is 42.1 Å². The highest BCUT2D eigenvalue weighted by molar-refractivity contribution is 7.80. The molecule has 1 saturated carbocycles. The summed E-state index contributed by atoms with van der Waals surface area (Å²) in [6, 6.07) is 10.7. The van der Waals surface area contributed by atoms with E-state index in [0.29, 0.717) is 35.0 Å². The van der Waals surface area contributed by atoms with Gasteiger partial charge in [-0.05, 0) is 62.3 Å². The first-order chi connectivity index (χ1) is 18.6. The SMILES string of the molecule is Cc1cc(Nc2cc(C3CCC3)[nH]n2)nc(Nc2ccc(NC(=S)Nc3ccc(Cl)c(C(F)(F)F)c3)nc2)n1. The van der Waals surface area contributed by atoms with Crippen LogP contribution in [0.15, 0.2) is 48.7 Å². The molecule has 0 radical (unpaired) electrons. The van der Waals surface area contributed by atoms with Gasteiger partial charge in [0.2, 0.25) is 5.95 Å². The summed E-state index contributed by atoms with van der Waals surface area (Å²) in [4.78, 5) is 13.2. The number of nitrogens with zero attached hydrogens (tertiary/aromatic N) is 4. The number of rotatable bonds is 7. The Kier molecular flexibility index (Phi) is 7.53. The van der Waals surface area contributed by atoms with E-state index in [1.807, 2.05) is 19.1 Å². The van der Waals surface area contributed by atoms with Gasteiger partial charge >= 0.3 is 6.18 Å². The third-order valence-corrected chi connectivity index (χ3v) is 6.58. The Balaban J connectivity index is 1.19. The molecule has 39 heavy (non-hydrogen) atoms. The summed E-state index contributed by atoms with van der Waals surface area (Å²) in [5, 5.41) is 19.0. The third-order valence-electron chi connectivity index (χ3n) is 6.04. The molecule has 0 saturated heterocycles. The first kappa shape index (κ1) is 26.6. The van der Waals surface area contributed by atoms with E-state index in [2.05, 4.69) is 46.4 Å². The number of hydrogen-bond donors (Lipinski definition) is 5. The van der Waals surface area contributed by atoms with Gasteiger partial charge in [0.15, 0.2) is 10.9 Å². The fraction of sp³-hybridized carbons (Fsp3) is 0.240. The number of halogens is 4. The zero-order chi connectivity index (χ0) is 27.6. The van der Waals surface area contributed by atoms with E-state index in [4.69, 9.17) is 23.8 Å². The summed E-state index contributed by atoms with van der Waals surface area (Å²) < 4.78 is 39.3. The van der Waals surface area contributed by atoms with Gasteiger partial charge in [0.1, 0.15) is 11.6 Å². The van der Waals surface area contributed by atoms with Gasteiger partial charge in [-0.25, -0.2) is 9.97 Å². The molecule has 5 N–H and O–H groups in total. The fourth-order valence-electron chi connectivity index (χ4n) is 3.92. The van der Waals surface area contributed by atoms with Crippen molar-refractivity contribution >= 4 is 63.7 Å². The number of pyridine rings is 1. The summed E-state index contributed by atoms with van der Waals surface area (Å²) in [7, 11) is 0. The van der Waals surface area contributed by atoms with Crippen molar-refractivity contribution in [3.05, 3.63) is 70.6 Å². The number of aryl methyl sites for hydroxylation is 1. The molecule has 0 aliphatic heterocycles. The maximum Gasteiger partial charge on any atom is 0.417 e. The van der Waals surface area contributed by atoms with E-state index < -0.39 is 16.8 Å². The maximum atomic E-state index is 13.1. The van der Waals surface area contributed by atoms with Crippen molar-refractivity contribution in [3.8, 4) is 0 Å². The molecule has 1 aliphatic rings. The van der Waals surface area contributed by atoms with Gasteiger partial charge in [-0.1, -0.05) is 18.0 Å². The normalized spacial score (nSPS) is 13.5. The first-order valence-corrected chi connectivity index (χ1v) is 12.8. The number of alkyl halides is 3. The van der Waals surface area contributed by atoms with Crippen LogP contribution >= 0.6 is 23.8 Å². The smallest absolute Gasteiger partial charge is 0.332 e. The lowest BCUT2D eigenvalue weighted by Crippen LogP contribution is -2.20. The van der Waals surface area contributed by atoms with Crippen molar-refractivity contribution in [3.63, 3.8) is 0 Å². The standard InChI is InChI=1S/C25H23ClF3N9S/c1-13-9-21(34-22-11-19(37-38-22)14-3-2-4-14)35-23(31-13)32-16-6-8-20(30-12-16)36-24(39)33-15-5-7-18(26)17(10-15)25(27,28)29/h5-12,14H,2-4H2,1H3,(H2,30,33,36,39)(H3,31,32,34,35,37,38). The maximum absolute atomic E-state index is 13.1.